The molecular formula is C19H21N7. The summed E-state index contributed by atoms with van der Waals surface area (Å²) in [4.78, 5) is 8.83. The Morgan fingerprint density at radius 1 is 1.04 bits per heavy atom. The van der Waals surface area contributed by atoms with Crippen LogP contribution in [0, 0.1) is 0 Å². The first-order valence-electron chi connectivity index (χ1n) is 9.06. The molecule has 1 aliphatic rings. The van der Waals surface area contributed by atoms with Gasteiger partial charge in [-0.3, -0.25) is 0 Å². The van der Waals surface area contributed by atoms with Crippen molar-refractivity contribution in [3.05, 3.63) is 49.2 Å². The number of pyridine rings is 1. The summed E-state index contributed by atoms with van der Waals surface area (Å²) in [5.74, 6) is 0.671. The lowest BCUT2D eigenvalue weighted by atomic mass is 9.92. The minimum atomic E-state index is 0.344. The van der Waals surface area contributed by atoms with E-state index in [4.69, 9.17) is 5.73 Å². The van der Waals surface area contributed by atoms with Gasteiger partial charge in [-0.1, -0.05) is 0 Å². The van der Waals surface area contributed by atoms with E-state index >= 15 is 0 Å². The van der Waals surface area contributed by atoms with Crippen LogP contribution in [0.4, 0.5) is 5.95 Å². The van der Waals surface area contributed by atoms with Crippen molar-refractivity contribution < 1.29 is 0 Å². The molecular weight excluding hydrogens is 326 g/mol. The van der Waals surface area contributed by atoms with E-state index in [2.05, 4.69) is 38.7 Å². The van der Waals surface area contributed by atoms with Gasteiger partial charge in [-0.2, -0.15) is 0 Å². The first kappa shape index (κ1) is 15.3. The van der Waals surface area contributed by atoms with E-state index in [9.17, 15) is 0 Å². The Labute approximate surface area is 150 Å². The Bertz CT molecular complexity index is 1060. The molecule has 4 aromatic rings. The molecule has 0 atom stereocenters. The molecule has 7 nitrogen and oxygen atoms in total. The van der Waals surface area contributed by atoms with Gasteiger partial charge in [0.25, 0.3) is 0 Å². The number of imidazole rings is 1. The molecule has 0 aromatic carbocycles. The van der Waals surface area contributed by atoms with Gasteiger partial charge in [0.1, 0.15) is 5.65 Å². The predicted octanol–water partition coefficient (Wildman–Crippen LogP) is 2.73. The van der Waals surface area contributed by atoms with E-state index in [0.29, 0.717) is 18.0 Å². The van der Waals surface area contributed by atoms with Crippen molar-refractivity contribution in [1.29, 1.82) is 0 Å². The van der Waals surface area contributed by atoms with Crippen LogP contribution < -0.4 is 11.1 Å². The van der Waals surface area contributed by atoms with E-state index in [1.54, 1.807) is 6.20 Å². The van der Waals surface area contributed by atoms with Crippen LogP contribution in [-0.2, 0) is 0 Å². The van der Waals surface area contributed by atoms with Gasteiger partial charge in [-0.25, -0.2) is 14.5 Å². The summed E-state index contributed by atoms with van der Waals surface area (Å²) in [5.41, 5.74) is 10.1. The highest BCUT2D eigenvalue weighted by Crippen LogP contribution is 2.26. The predicted molar refractivity (Wildman–Crippen MR) is 101 cm³/mol. The lowest BCUT2D eigenvalue weighted by molar-refractivity contribution is 0.409. The molecule has 4 aromatic heterocycles. The number of fused-ring (bicyclic) bond motifs is 2. The fraction of sp³-hybridized carbons (Fsp3) is 0.316. The first-order valence-corrected chi connectivity index (χ1v) is 9.06. The Morgan fingerprint density at radius 2 is 1.92 bits per heavy atom. The molecule has 1 aliphatic carbocycles. The zero-order chi connectivity index (χ0) is 17.5. The molecule has 0 radical (unpaired) electrons. The summed E-state index contributed by atoms with van der Waals surface area (Å²) >= 11 is 0. The minimum Gasteiger partial charge on any atom is -0.350 e. The van der Waals surface area contributed by atoms with Gasteiger partial charge in [0.15, 0.2) is 0 Å². The number of nitrogens with two attached hydrogens (primary N) is 1. The lowest BCUT2D eigenvalue weighted by Crippen LogP contribution is -2.33. The van der Waals surface area contributed by atoms with E-state index < -0.39 is 0 Å². The van der Waals surface area contributed by atoms with Crippen LogP contribution >= 0.6 is 0 Å². The second-order valence-corrected chi connectivity index (χ2v) is 7.01. The van der Waals surface area contributed by atoms with Crippen molar-refractivity contribution in [1.82, 2.24) is 24.0 Å². The molecule has 0 aliphatic heterocycles. The average molecular weight is 347 g/mol. The van der Waals surface area contributed by atoms with Gasteiger partial charge in [-0.15, -0.1) is 5.10 Å². The monoisotopic (exact) mass is 347 g/mol. The molecule has 1 saturated carbocycles. The lowest BCUT2D eigenvalue weighted by Gasteiger charge is -2.26. The third-order valence-electron chi connectivity index (χ3n) is 5.22. The van der Waals surface area contributed by atoms with Crippen molar-refractivity contribution in [3.63, 3.8) is 0 Å². The third-order valence-corrected chi connectivity index (χ3v) is 5.22. The van der Waals surface area contributed by atoms with E-state index in [-0.39, 0.29) is 0 Å². The second-order valence-electron chi connectivity index (χ2n) is 7.01. The van der Waals surface area contributed by atoms with Crippen LogP contribution in [0.3, 0.4) is 0 Å². The summed E-state index contributed by atoms with van der Waals surface area (Å²) in [6.07, 6.45) is 14.0. The van der Waals surface area contributed by atoms with Gasteiger partial charge in [-0.05, 0) is 43.9 Å². The Kier molecular flexibility index (Phi) is 3.60. The number of hydrogen-bond acceptors (Lipinski definition) is 5. The van der Waals surface area contributed by atoms with Crippen LogP contribution in [0.1, 0.15) is 25.7 Å². The minimum absolute atomic E-state index is 0.344. The normalized spacial score (nSPS) is 20.7. The van der Waals surface area contributed by atoms with Gasteiger partial charge in [0.05, 0.1) is 11.7 Å². The van der Waals surface area contributed by atoms with E-state index in [1.165, 1.54) is 0 Å². The third kappa shape index (κ3) is 2.70. The van der Waals surface area contributed by atoms with Crippen molar-refractivity contribution in [2.45, 2.75) is 37.8 Å². The summed E-state index contributed by atoms with van der Waals surface area (Å²) < 4.78 is 3.90. The maximum Gasteiger partial charge on any atom is 0.241 e. The van der Waals surface area contributed by atoms with Gasteiger partial charge < -0.3 is 15.5 Å². The summed E-state index contributed by atoms with van der Waals surface area (Å²) in [5, 5.41) is 8.08. The molecule has 0 saturated heterocycles. The fourth-order valence-corrected chi connectivity index (χ4v) is 3.74. The smallest absolute Gasteiger partial charge is 0.241 e. The topological polar surface area (TPSA) is 85.5 Å². The van der Waals surface area contributed by atoms with Crippen LogP contribution in [0.15, 0.2) is 49.2 Å². The standard InChI is InChI=1S/C19H21N7/c20-14-2-4-15(5-3-14)23-19-22-11-17-16(7-9-26(17)24-19)13-1-6-18-21-8-10-25(18)12-13/h1,6-12,14-15H,2-5,20H2,(H,23,24)/t14-,15+. The largest absolute Gasteiger partial charge is 0.350 e. The van der Waals surface area contributed by atoms with Gasteiger partial charge in [0.2, 0.25) is 5.95 Å². The molecule has 0 unspecified atom stereocenters. The molecule has 3 N–H and O–H groups in total. The Morgan fingerprint density at radius 3 is 2.81 bits per heavy atom. The zero-order valence-electron chi connectivity index (χ0n) is 14.4. The van der Waals surface area contributed by atoms with Crippen LogP contribution in [0.5, 0.6) is 0 Å². The number of nitrogens with zero attached hydrogens (tertiary/aromatic N) is 5. The molecule has 5 rings (SSSR count). The molecule has 0 spiro atoms. The summed E-state index contributed by atoms with van der Waals surface area (Å²) in [7, 11) is 0. The summed E-state index contributed by atoms with van der Waals surface area (Å²) in [6, 6.07) is 6.92. The highest BCUT2D eigenvalue weighted by molar-refractivity contribution is 5.80. The van der Waals surface area contributed by atoms with Crippen LogP contribution in [0.2, 0.25) is 0 Å². The highest BCUT2D eigenvalue weighted by atomic mass is 15.3. The first-order chi connectivity index (χ1) is 12.8. The maximum atomic E-state index is 5.98. The fourth-order valence-electron chi connectivity index (χ4n) is 3.74. The quantitative estimate of drug-likeness (QED) is 0.595. The van der Waals surface area contributed by atoms with Crippen LogP contribution in [0.25, 0.3) is 22.3 Å². The number of aromatic nitrogens is 5. The Hall–Kier alpha value is -2.93. The average Bonchev–Trinajstić information content (AvgIpc) is 3.29. The molecule has 0 amide bonds. The van der Waals surface area contributed by atoms with E-state index in [0.717, 1.165) is 48.0 Å². The molecule has 0 bridgehead atoms. The number of nitrogens with one attached hydrogen (secondary N) is 1. The van der Waals surface area contributed by atoms with Crippen LogP contribution in [-0.4, -0.2) is 36.1 Å². The zero-order valence-corrected chi connectivity index (χ0v) is 14.4. The van der Waals surface area contributed by atoms with Crippen molar-refractivity contribution in [2.75, 3.05) is 5.32 Å². The van der Waals surface area contributed by atoms with Crippen molar-refractivity contribution in [2.24, 2.45) is 5.73 Å². The molecule has 4 heterocycles. The van der Waals surface area contributed by atoms with E-state index in [1.807, 2.05) is 33.6 Å². The van der Waals surface area contributed by atoms with Gasteiger partial charge in [0, 0.05) is 48.0 Å². The molecule has 7 heteroatoms. The molecule has 26 heavy (non-hydrogen) atoms. The molecule has 132 valence electrons. The van der Waals surface area contributed by atoms with Crippen molar-refractivity contribution in [3.8, 4) is 11.1 Å². The number of anilines is 1. The molecule has 1 fully saturated rings. The van der Waals surface area contributed by atoms with Crippen molar-refractivity contribution >= 4 is 17.1 Å². The number of hydrogen-bond donors (Lipinski definition) is 2. The second kappa shape index (κ2) is 6.10. The number of rotatable bonds is 3. The SMILES string of the molecule is N[C@H]1CC[C@@H](Nc2ncc3c(-c4ccc5nccn5c4)ccn3n2)CC1. The highest BCUT2D eigenvalue weighted by Gasteiger charge is 2.19. The maximum absolute atomic E-state index is 5.98. The summed E-state index contributed by atoms with van der Waals surface area (Å²) in [6.45, 7) is 0. The van der Waals surface area contributed by atoms with Gasteiger partial charge >= 0.3 is 0 Å². The Balaban J connectivity index is 1.44.